The van der Waals surface area contributed by atoms with E-state index in [1.165, 1.54) is 11.9 Å². The van der Waals surface area contributed by atoms with E-state index in [-0.39, 0.29) is 12.1 Å². The summed E-state index contributed by atoms with van der Waals surface area (Å²) < 4.78 is 26.4. The van der Waals surface area contributed by atoms with E-state index in [0.29, 0.717) is 11.8 Å². The summed E-state index contributed by atoms with van der Waals surface area (Å²) in [6, 6.07) is 10.0. The molecule has 5 heteroatoms. The Hall–Kier alpha value is -2.43. The van der Waals surface area contributed by atoms with Gasteiger partial charge in [-0.1, -0.05) is 18.2 Å². The van der Waals surface area contributed by atoms with Crippen molar-refractivity contribution in [1.29, 1.82) is 0 Å². The second-order valence-electron chi connectivity index (χ2n) is 4.48. The number of nitrogens with zero attached hydrogens (tertiary/aromatic N) is 1. The van der Waals surface area contributed by atoms with E-state index >= 15 is 0 Å². The molecule has 104 valence electrons. The molecule has 2 aromatic rings. The van der Waals surface area contributed by atoms with Crippen LogP contribution in [0.5, 0.6) is 0 Å². The van der Waals surface area contributed by atoms with Crippen molar-refractivity contribution in [2.24, 2.45) is 0 Å². The highest BCUT2D eigenvalue weighted by Gasteiger charge is 2.17. The van der Waals surface area contributed by atoms with Crippen LogP contribution in [0.4, 0.5) is 14.5 Å². The van der Waals surface area contributed by atoms with Crippen LogP contribution >= 0.6 is 0 Å². The lowest BCUT2D eigenvalue weighted by Crippen LogP contribution is -2.27. The Morgan fingerprint density at radius 3 is 2.55 bits per heavy atom. The van der Waals surface area contributed by atoms with E-state index in [1.807, 2.05) is 6.07 Å². The molecule has 0 aromatic heterocycles. The van der Waals surface area contributed by atoms with Crippen molar-refractivity contribution >= 4 is 11.6 Å². The van der Waals surface area contributed by atoms with Gasteiger partial charge in [-0.25, -0.2) is 8.78 Å². The topological polar surface area (TPSA) is 46.3 Å². The standard InChI is InChI=1S/C15H14F2N2O/c1-19(9-10-4-2-3-5-14(10)18)15(20)12-7-6-11(16)8-13(12)17/h2-8H,9,18H2,1H3. The number of nitrogens with two attached hydrogens (primary N) is 1. The maximum absolute atomic E-state index is 13.6. The monoisotopic (exact) mass is 276 g/mol. The molecule has 2 rings (SSSR count). The average molecular weight is 276 g/mol. The summed E-state index contributed by atoms with van der Waals surface area (Å²) in [5, 5.41) is 0. The predicted molar refractivity (Wildman–Crippen MR) is 73.0 cm³/mol. The number of carbonyl (C=O) groups is 1. The Bertz CT molecular complexity index is 644. The highest BCUT2D eigenvalue weighted by molar-refractivity contribution is 5.94. The van der Waals surface area contributed by atoms with Gasteiger partial charge in [0, 0.05) is 25.3 Å². The van der Waals surface area contributed by atoms with Crippen LogP contribution in [0.2, 0.25) is 0 Å². The normalized spacial score (nSPS) is 10.3. The third-order valence-electron chi connectivity index (χ3n) is 2.97. The SMILES string of the molecule is CN(Cc1ccccc1N)C(=O)c1ccc(F)cc1F. The Kier molecular flexibility index (Phi) is 3.98. The van der Waals surface area contributed by atoms with Crippen molar-refractivity contribution in [3.8, 4) is 0 Å². The Morgan fingerprint density at radius 1 is 1.20 bits per heavy atom. The second kappa shape index (κ2) is 5.69. The Balaban J connectivity index is 2.19. The van der Waals surface area contributed by atoms with Crippen LogP contribution in [0, 0.1) is 11.6 Å². The summed E-state index contributed by atoms with van der Waals surface area (Å²) in [6.45, 7) is 0.252. The minimum Gasteiger partial charge on any atom is -0.398 e. The van der Waals surface area contributed by atoms with Crippen molar-refractivity contribution < 1.29 is 13.6 Å². The number of benzene rings is 2. The van der Waals surface area contributed by atoms with Crippen LogP contribution in [-0.2, 0) is 6.54 Å². The van der Waals surface area contributed by atoms with Gasteiger partial charge in [0.15, 0.2) is 0 Å². The molecule has 1 amide bonds. The van der Waals surface area contributed by atoms with Gasteiger partial charge in [-0.2, -0.15) is 0 Å². The largest absolute Gasteiger partial charge is 0.398 e. The number of halogens is 2. The van der Waals surface area contributed by atoms with Crippen LogP contribution in [0.1, 0.15) is 15.9 Å². The van der Waals surface area contributed by atoms with E-state index in [9.17, 15) is 13.6 Å². The lowest BCUT2D eigenvalue weighted by atomic mass is 10.1. The minimum absolute atomic E-state index is 0.164. The van der Waals surface area contributed by atoms with Crippen molar-refractivity contribution in [2.45, 2.75) is 6.54 Å². The molecule has 0 heterocycles. The predicted octanol–water partition coefficient (Wildman–Crippen LogP) is 2.82. The van der Waals surface area contributed by atoms with Crippen molar-refractivity contribution in [3.05, 3.63) is 65.2 Å². The number of hydrogen-bond acceptors (Lipinski definition) is 2. The van der Waals surface area contributed by atoms with Crippen LogP contribution in [0.25, 0.3) is 0 Å². The zero-order valence-corrected chi connectivity index (χ0v) is 10.9. The Morgan fingerprint density at radius 2 is 1.90 bits per heavy atom. The number of para-hydroxylation sites is 1. The van der Waals surface area contributed by atoms with Gasteiger partial charge in [0.25, 0.3) is 5.91 Å². The summed E-state index contributed by atoms with van der Waals surface area (Å²) in [5.74, 6) is -2.11. The molecule has 0 saturated heterocycles. The molecule has 20 heavy (non-hydrogen) atoms. The van der Waals surface area contributed by atoms with Crippen molar-refractivity contribution in [3.63, 3.8) is 0 Å². The number of anilines is 1. The molecule has 0 saturated carbocycles. The fraction of sp³-hybridized carbons (Fsp3) is 0.133. The third-order valence-corrected chi connectivity index (χ3v) is 2.97. The first-order valence-electron chi connectivity index (χ1n) is 6.03. The number of nitrogen functional groups attached to an aromatic ring is 1. The van der Waals surface area contributed by atoms with Gasteiger partial charge in [0.1, 0.15) is 11.6 Å². The third kappa shape index (κ3) is 2.93. The Labute approximate surface area is 115 Å². The quantitative estimate of drug-likeness (QED) is 0.876. The lowest BCUT2D eigenvalue weighted by Gasteiger charge is -2.18. The van der Waals surface area contributed by atoms with E-state index in [0.717, 1.165) is 17.7 Å². The van der Waals surface area contributed by atoms with Gasteiger partial charge in [-0.05, 0) is 23.8 Å². The van der Waals surface area contributed by atoms with Gasteiger partial charge >= 0.3 is 0 Å². The van der Waals surface area contributed by atoms with Gasteiger partial charge in [0.05, 0.1) is 5.56 Å². The molecule has 3 nitrogen and oxygen atoms in total. The smallest absolute Gasteiger partial charge is 0.256 e. The maximum Gasteiger partial charge on any atom is 0.256 e. The second-order valence-corrected chi connectivity index (χ2v) is 4.48. The fourth-order valence-corrected chi connectivity index (χ4v) is 1.87. The highest BCUT2D eigenvalue weighted by Crippen LogP contribution is 2.16. The van der Waals surface area contributed by atoms with Gasteiger partial charge in [0.2, 0.25) is 0 Å². The molecule has 0 aliphatic carbocycles. The van der Waals surface area contributed by atoms with E-state index in [1.54, 1.807) is 18.2 Å². The van der Waals surface area contributed by atoms with Gasteiger partial charge < -0.3 is 10.6 Å². The number of hydrogen-bond donors (Lipinski definition) is 1. The highest BCUT2D eigenvalue weighted by atomic mass is 19.1. The zero-order chi connectivity index (χ0) is 14.7. The summed E-state index contributed by atoms with van der Waals surface area (Å²) >= 11 is 0. The molecule has 2 aromatic carbocycles. The van der Waals surface area contributed by atoms with Crippen LogP contribution in [0.15, 0.2) is 42.5 Å². The van der Waals surface area contributed by atoms with E-state index in [4.69, 9.17) is 5.73 Å². The lowest BCUT2D eigenvalue weighted by molar-refractivity contribution is 0.0780. The first-order chi connectivity index (χ1) is 9.49. The van der Waals surface area contributed by atoms with Gasteiger partial charge in [-0.3, -0.25) is 4.79 Å². The minimum atomic E-state index is -0.872. The van der Waals surface area contributed by atoms with E-state index < -0.39 is 17.5 Å². The fourth-order valence-electron chi connectivity index (χ4n) is 1.87. The number of carbonyl (C=O) groups excluding carboxylic acids is 1. The molecular weight excluding hydrogens is 262 g/mol. The molecule has 0 atom stereocenters. The molecule has 0 aliphatic heterocycles. The zero-order valence-electron chi connectivity index (χ0n) is 10.9. The summed E-state index contributed by atoms with van der Waals surface area (Å²) in [6.07, 6.45) is 0. The van der Waals surface area contributed by atoms with Crippen molar-refractivity contribution in [2.75, 3.05) is 12.8 Å². The van der Waals surface area contributed by atoms with Crippen LogP contribution < -0.4 is 5.73 Å². The first kappa shape index (κ1) is 14.0. The molecule has 0 spiro atoms. The summed E-state index contributed by atoms with van der Waals surface area (Å²) in [4.78, 5) is 13.5. The maximum atomic E-state index is 13.6. The summed E-state index contributed by atoms with van der Waals surface area (Å²) in [5.41, 5.74) is 6.96. The molecule has 0 radical (unpaired) electrons. The molecular formula is C15H14F2N2O. The average Bonchev–Trinajstić information content (AvgIpc) is 2.40. The molecule has 2 N–H and O–H groups in total. The van der Waals surface area contributed by atoms with E-state index in [2.05, 4.69) is 0 Å². The number of amides is 1. The molecule has 0 fully saturated rings. The van der Waals surface area contributed by atoms with Crippen molar-refractivity contribution in [1.82, 2.24) is 4.90 Å². The van der Waals surface area contributed by atoms with Crippen LogP contribution in [0.3, 0.4) is 0 Å². The molecule has 0 aliphatic rings. The first-order valence-corrected chi connectivity index (χ1v) is 6.03. The van der Waals surface area contributed by atoms with Crippen LogP contribution in [-0.4, -0.2) is 17.9 Å². The summed E-state index contributed by atoms with van der Waals surface area (Å²) in [7, 11) is 1.54. The molecule has 0 bridgehead atoms. The number of rotatable bonds is 3. The van der Waals surface area contributed by atoms with Gasteiger partial charge in [-0.15, -0.1) is 0 Å². The molecule has 0 unspecified atom stereocenters.